The highest BCUT2D eigenvalue weighted by atomic mass is 35.5. The number of anilines is 1. The summed E-state index contributed by atoms with van der Waals surface area (Å²) in [4.78, 5) is 25.0. The van der Waals surface area contributed by atoms with E-state index >= 15 is 0 Å². The Balaban J connectivity index is 1.89. The average Bonchev–Trinajstić information content (AvgIpc) is 2.58. The van der Waals surface area contributed by atoms with E-state index in [1.165, 1.54) is 6.07 Å². The minimum Gasteiger partial charge on any atom is -0.462 e. The first-order valence-corrected chi connectivity index (χ1v) is 8.91. The monoisotopic (exact) mass is 363 g/mol. The van der Waals surface area contributed by atoms with Crippen molar-refractivity contribution < 1.29 is 14.3 Å². The van der Waals surface area contributed by atoms with Crippen LogP contribution >= 0.6 is 23.4 Å². The Hall–Kier alpha value is -1.98. The lowest BCUT2D eigenvalue weighted by Gasteiger charge is -2.09. The van der Waals surface area contributed by atoms with Crippen LogP contribution in [0.15, 0.2) is 53.4 Å². The van der Waals surface area contributed by atoms with Gasteiger partial charge in [0.25, 0.3) is 0 Å². The van der Waals surface area contributed by atoms with E-state index in [-0.39, 0.29) is 18.1 Å². The highest BCUT2D eigenvalue weighted by molar-refractivity contribution is 7.99. The summed E-state index contributed by atoms with van der Waals surface area (Å²) < 4.78 is 4.94. The fourth-order valence-corrected chi connectivity index (χ4v) is 3.04. The molecule has 2 rings (SSSR count). The Labute approximate surface area is 150 Å². The van der Waals surface area contributed by atoms with Crippen molar-refractivity contribution in [1.29, 1.82) is 0 Å². The van der Waals surface area contributed by atoms with Crippen LogP contribution in [0.2, 0.25) is 5.02 Å². The second-order valence-corrected chi connectivity index (χ2v) is 6.45. The van der Waals surface area contributed by atoms with Crippen molar-refractivity contribution in [1.82, 2.24) is 0 Å². The Bertz CT molecular complexity index is 707. The smallest absolute Gasteiger partial charge is 0.339 e. The van der Waals surface area contributed by atoms with Gasteiger partial charge in [-0.15, -0.1) is 11.8 Å². The number of ether oxygens (including phenoxy) is 1. The zero-order chi connectivity index (χ0) is 17.4. The van der Waals surface area contributed by atoms with Gasteiger partial charge >= 0.3 is 5.97 Å². The standard InChI is InChI=1S/C18H18ClNO3S/c1-2-23-18(22)15-12-13(8-9-16(15)19)20-17(21)10-11-24-14-6-4-3-5-7-14/h3-9,12H,2,10-11H2,1H3,(H,20,21). The highest BCUT2D eigenvalue weighted by Crippen LogP contribution is 2.22. The summed E-state index contributed by atoms with van der Waals surface area (Å²) in [5, 5.41) is 3.07. The molecule has 0 radical (unpaired) electrons. The second kappa shape index (κ2) is 9.35. The van der Waals surface area contributed by atoms with E-state index in [0.29, 0.717) is 22.9 Å². The van der Waals surface area contributed by atoms with E-state index in [4.69, 9.17) is 16.3 Å². The summed E-state index contributed by atoms with van der Waals surface area (Å²) in [6.45, 7) is 1.99. The van der Waals surface area contributed by atoms with Crippen molar-refractivity contribution in [3.05, 3.63) is 59.1 Å². The minimum absolute atomic E-state index is 0.115. The molecule has 0 aromatic heterocycles. The lowest BCUT2D eigenvalue weighted by molar-refractivity contribution is -0.115. The summed E-state index contributed by atoms with van der Waals surface area (Å²) in [7, 11) is 0. The fourth-order valence-electron chi connectivity index (χ4n) is 1.97. The van der Waals surface area contributed by atoms with E-state index in [0.717, 1.165) is 4.90 Å². The number of benzene rings is 2. The lowest BCUT2D eigenvalue weighted by Crippen LogP contribution is -2.13. The van der Waals surface area contributed by atoms with Crippen LogP contribution < -0.4 is 5.32 Å². The number of amides is 1. The first-order chi connectivity index (χ1) is 11.6. The number of carbonyl (C=O) groups excluding carboxylic acids is 2. The molecule has 0 aliphatic heterocycles. The van der Waals surface area contributed by atoms with E-state index in [1.807, 2.05) is 30.3 Å². The Morgan fingerprint density at radius 2 is 1.92 bits per heavy atom. The molecule has 24 heavy (non-hydrogen) atoms. The molecule has 4 nitrogen and oxygen atoms in total. The summed E-state index contributed by atoms with van der Waals surface area (Å²) >= 11 is 7.62. The van der Waals surface area contributed by atoms with E-state index < -0.39 is 5.97 Å². The third kappa shape index (κ3) is 5.58. The van der Waals surface area contributed by atoms with Crippen LogP contribution in [0.1, 0.15) is 23.7 Å². The first kappa shape index (κ1) is 18.4. The Morgan fingerprint density at radius 3 is 2.62 bits per heavy atom. The summed E-state index contributed by atoms with van der Waals surface area (Å²) in [5.74, 6) is 0.0579. The molecule has 0 aliphatic carbocycles. The maximum Gasteiger partial charge on any atom is 0.339 e. The van der Waals surface area contributed by atoms with Gasteiger partial charge in [-0.25, -0.2) is 4.79 Å². The van der Waals surface area contributed by atoms with Gasteiger partial charge in [0, 0.05) is 22.8 Å². The zero-order valence-corrected chi connectivity index (χ0v) is 14.8. The van der Waals surface area contributed by atoms with E-state index in [9.17, 15) is 9.59 Å². The van der Waals surface area contributed by atoms with Crippen molar-refractivity contribution in [2.24, 2.45) is 0 Å². The first-order valence-electron chi connectivity index (χ1n) is 7.54. The molecule has 2 aromatic carbocycles. The topological polar surface area (TPSA) is 55.4 Å². The van der Waals surface area contributed by atoms with Crippen molar-refractivity contribution in [2.75, 3.05) is 17.7 Å². The molecular formula is C18H18ClNO3S. The van der Waals surface area contributed by atoms with Gasteiger partial charge in [-0.1, -0.05) is 29.8 Å². The number of nitrogens with one attached hydrogen (secondary N) is 1. The van der Waals surface area contributed by atoms with Crippen LogP contribution in [0.5, 0.6) is 0 Å². The number of halogens is 1. The van der Waals surface area contributed by atoms with Crippen molar-refractivity contribution in [3.8, 4) is 0 Å². The normalized spacial score (nSPS) is 10.2. The Morgan fingerprint density at radius 1 is 1.17 bits per heavy atom. The van der Waals surface area contributed by atoms with Gasteiger partial charge in [-0.2, -0.15) is 0 Å². The predicted octanol–water partition coefficient (Wildman–Crippen LogP) is 4.64. The van der Waals surface area contributed by atoms with Crippen LogP contribution in [0.25, 0.3) is 0 Å². The molecule has 0 spiro atoms. The Kier molecular flexibility index (Phi) is 7.15. The molecule has 6 heteroatoms. The van der Waals surface area contributed by atoms with Crippen LogP contribution in [0.4, 0.5) is 5.69 Å². The zero-order valence-electron chi connectivity index (χ0n) is 13.3. The molecule has 0 saturated carbocycles. The second-order valence-electron chi connectivity index (χ2n) is 4.87. The van der Waals surface area contributed by atoms with E-state index in [2.05, 4.69) is 5.32 Å². The molecule has 0 bridgehead atoms. The molecule has 0 unspecified atom stereocenters. The predicted molar refractivity (Wildman–Crippen MR) is 97.8 cm³/mol. The maximum atomic E-state index is 12.0. The highest BCUT2D eigenvalue weighted by Gasteiger charge is 2.13. The number of hydrogen-bond donors (Lipinski definition) is 1. The summed E-state index contributed by atoms with van der Waals surface area (Å²) in [6.07, 6.45) is 0.372. The number of thioether (sulfide) groups is 1. The lowest BCUT2D eigenvalue weighted by atomic mass is 10.2. The van der Waals surface area contributed by atoms with Crippen molar-refractivity contribution >= 4 is 40.9 Å². The van der Waals surface area contributed by atoms with Gasteiger partial charge in [-0.05, 0) is 37.3 Å². The van der Waals surface area contributed by atoms with Gasteiger partial charge in [0.1, 0.15) is 0 Å². The van der Waals surface area contributed by atoms with Crippen LogP contribution in [-0.4, -0.2) is 24.2 Å². The van der Waals surface area contributed by atoms with Gasteiger partial charge in [-0.3, -0.25) is 4.79 Å². The maximum absolute atomic E-state index is 12.0. The molecule has 1 N–H and O–H groups in total. The van der Waals surface area contributed by atoms with Gasteiger partial charge in [0.15, 0.2) is 0 Å². The number of esters is 1. The van der Waals surface area contributed by atoms with Crippen LogP contribution in [-0.2, 0) is 9.53 Å². The molecule has 0 aliphatic rings. The SMILES string of the molecule is CCOC(=O)c1cc(NC(=O)CCSc2ccccc2)ccc1Cl. The van der Waals surface area contributed by atoms with Gasteiger partial charge in [0.05, 0.1) is 17.2 Å². The number of hydrogen-bond acceptors (Lipinski definition) is 4. The quantitative estimate of drug-likeness (QED) is 0.575. The van der Waals surface area contributed by atoms with Gasteiger partial charge < -0.3 is 10.1 Å². The summed E-state index contributed by atoms with van der Waals surface area (Å²) in [6, 6.07) is 14.7. The molecule has 0 atom stereocenters. The molecule has 1 amide bonds. The van der Waals surface area contributed by atoms with Crippen LogP contribution in [0.3, 0.4) is 0 Å². The van der Waals surface area contributed by atoms with Crippen LogP contribution in [0, 0.1) is 0 Å². The number of rotatable bonds is 7. The molecule has 0 heterocycles. The molecule has 126 valence electrons. The van der Waals surface area contributed by atoms with Crippen molar-refractivity contribution in [2.45, 2.75) is 18.2 Å². The van der Waals surface area contributed by atoms with Crippen molar-refractivity contribution in [3.63, 3.8) is 0 Å². The van der Waals surface area contributed by atoms with Gasteiger partial charge in [0.2, 0.25) is 5.91 Å². The minimum atomic E-state index is -0.502. The summed E-state index contributed by atoms with van der Waals surface area (Å²) in [5.41, 5.74) is 0.771. The molecule has 0 saturated heterocycles. The molecule has 0 fully saturated rings. The van der Waals surface area contributed by atoms with E-state index in [1.54, 1.807) is 30.8 Å². The number of carbonyl (C=O) groups is 2. The third-order valence-electron chi connectivity index (χ3n) is 3.09. The largest absolute Gasteiger partial charge is 0.462 e. The fraction of sp³-hybridized carbons (Fsp3) is 0.222. The molecule has 2 aromatic rings. The molecular weight excluding hydrogens is 346 g/mol. The third-order valence-corrected chi connectivity index (χ3v) is 4.43. The average molecular weight is 364 g/mol.